The van der Waals surface area contributed by atoms with Gasteiger partial charge >= 0.3 is 6.03 Å². The Balaban J connectivity index is 2.33. The van der Waals surface area contributed by atoms with Crippen molar-refractivity contribution in [3.63, 3.8) is 0 Å². The molecule has 1 aliphatic heterocycles. The fraction of sp³-hybridized carbons (Fsp3) is 0.615. The highest BCUT2D eigenvalue weighted by Gasteiger charge is 2.33. The molecule has 0 bridgehead atoms. The second kappa shape index (κ2) is 4.23. The molecule has 5 nitrogen and oxygen atoms in total. The number of nitrogens with zero attached hydrogens (tertiary/aromatic N) is 4. The lowest BCUT2D eigenvalue weighted by molar-refractivity contribution is 0.221. The van der Waals surface area contributed by atoms with Gasteiger partial charge in [-0.2, -0.15) is 0 Å². The van der Waals surface area contributed by atoms with E-state index < -0.39 is 0 Å². The van der Waals surface area contributed by atoms with Crippen LogP contribution in [0.2, 0.25) is 0 Å². The zero-order valence-electron chi connectivity index (χ0n) is 11.6. The average Bonchev–Trinajstić information content (AvgIpc) is 2.56. The van der Waals surface area contributed by atoms with Gasteiger partial charge < -0.3 is 4.90 Å². The molecule has 1 aromatic heterocycles. The summed E-state index contributed by atoms with van der Waals surface area (Å²) >= 11 is 0. The third-order valence-electron chi connectivity index (χ3n) is 3.34. The van der Waals surface area contributed by atoms with E-state index in [0.717, 1.165) is 5.69 Å². The highest BCUT2D eigenvalue weighted by Crippen LogP contribution is 2.25. The molecule has 2 amide bonds. The highest BCUT2D eigenvalue weighted by molar-refractivity contribution is 5.93. The topological polar surface area (TPSA) is 49.3 Å². The molecule has 1 aromatic rings. The summed E-state index contributed by atoms with van der Waals surface area (Å²) in [7, 11) is 1.82. The van der Waals surface area contributed by atoms with Gasteiger partial charge in [0.2, 0.25) is 0 Å². The normalized spacial score (nSPS) is 20.7. The molecule has 0 spiro atoms. The van der Waals surface area contributed by atoms with Crippen LogP contribution in [0.1, 0.15) is 33.4 Å². The minimum atomic E-state index is -0.0437. The van der Waals surface area contributed by atoms with Gasteiger partial charge in [0.1, 0.15) is 12.1 Å². The quantitative estimate of drug-likeness (QED) is 0.764. The van der Waals surface area contributed by atoms with Crippen LogP contribution in [-0.2, 0) is 5.41 Å². The van der Waals surface area contributed by atoms with Crippen LogP contribution in [0.3, 0.4) is 0 Å². The Morgan fingerprint density at radius 3 is 2.50 bits per heavy atom. The van der Waals surface area contributed by atoms with Crippen molar-refractivity contribution >= 4 is 11.8 Å². The molecule has 2 heterocycles. The summed E-state index contributed by atoms with van der Waals surface area (Å²) in [5.41, 5.74) is 0.903. The third kappa shape index (κ3) is 2.17. The molecular weight excluding hydrogens is 228 g/mol. The lowest BCUT2D eigenvalue weighted by Crippen LogP contribution is -2.31. The molecular formula is C13H20N4O. The van der Waals surface area contributed by atoms with E-state index in [0.29, 0.717) is 12.4 Å². The van der Waals surface area contributed by atoms with Crippen molar-refractivity contribution < 1.29 is 4.79 Å². The summed E-state index contributed by atoms with van der Waals surface area (Å²) in [6, 6.07) is 2.12. The summed E-state index contributed by atoms with van der Waals surface area (Å²) in [5, 5.41) is 0. The molecule has 1 atom stereocenters. The molecule has 1 fully saturated rings. The first-order valence-electron chi connectivity index (χ1n) is 6.17. The molecule has 1 saturated heterocycles. The van der Waals surface area contributed by atoms with Crippen molar-refractivity contribution in [2.45, 2.75) is 39.2 Å². The van der Waals surface area contributed by atoms with E-state index in [-0.39, 0.29) is 17.5 Å². The molecule has 0 aromatic carbocycles. The number of amides is 2. The Labute approximate surface area is 108 Å². The summed E-state index contributed by atoms with van der Waals surface area (Å²) in [4.78, 5) is 24.0. The van der Waals surface area contributed by atoms with Gasteiger partial charge in [0.25, 0.3) is 0 Å². The first-order valence-corrected chi connectivity index (χ1v) is 6.17. The molecule has 0 unspecified atom stereocenters. The van der Waals surface area contributed by atoms with Crippen molar-refractivity contribution in [2.24, 2.45) is 0 Å². The van der Waals surface area contributed by atoms with Crippen LogP contribution in [0.5, 0.6) is 0 Å². The number of urea groups is 1. The second-order valence-electron chi connectivity index (χ2n) is 5.86. The van der Waals surface area contributed by atoms with E-state index in [1.54, 1.807) is 9.80 Å². The Morgan fingerprint density at radius 2 is 2.00 bits per heavy atom. The van der Waals surface area contributed by atoms with E-state index in [1.807, 2.05) is 20.0 Å². The fourth-order valence-corrected chi connectivity index (χ4v) is 1.94. The number of hydrogen-bond donors (Lipinski definition) is 0. The average molecular weight is 248 g/mol. The van der Waals surface area contributed by atoms with Crippen molar-refractivity contribution in [3.8, 4) is 0 Å². The molecule has 98 valence electrons. The van der Waals surface area contributed by atoms with Crippen molar-refractivity contribution in [3.05, 3.63) is 18.1 Å². The zero-order valence-corrected chi connectivity index (χ0v) is 11.6. The first-order chi connectivity index (χ1) is 8.30. The Hall–Kier alpha value is -1.65. The summed E-state index contributed by atoms with van der Waals surface area (Å²) in [6.45, 7) is 9.00. The predicted molar refractivity (Wildman–Crippen MR) is 70.7 cm³/mol. The molecule has 0 aliphatic carbocycles. The number of rotatable bonds is 1. The molecule has 1 aliphatic rings. The largest absolute Gasteiger partial charge is 0.325 e. The Kier molecular flexibility index (Phi) is 3.00. The molecule has 0 N–H and O–H groups in total. The van der Waals surface area contributed by atoms with Gasteiger partial charge in [-0.3, -0.25) is 4.90 Å². The van der Waals surface area contributed by atoms with Crippen molar-refractivity contribution in [2.75, 3.05) is 18.5 Å². The lowest BCUT2D eigenvalue weighted by Gasteiger charge is -2.20. The number of aromatic nitrogens is 2. The Morgan fingerprint density at radius 1 is 1.33 bits per heavy atom. The van der Waals surface area contributed by atoms with E-state index in [2.05, 4.69) is 30.7 Å². The molecule has 2 rings (SSSR count). The predicted octanol–water partition coefficient (Wildman–Crippen LogP) is 2.03. The summed E-state index contributed by atoms with van der Waals surface area (Å²) in [6.07, 6.45) is 1.53. The standard InChI is InChI=1S/C13H20N4O/c1-9-7-17(12(18)16(9)5)11-6-10(13(2,3)4)14-8-15-11/h6,8-9H,7H2,1-5H3/t9-/m0/s1. The van der Waals surface area contributed by atoms with Crippen LogP contribution in [0.25, 0.3) is 0 Å². The molecule has 0 saturated carbocycles. The maximum absolute atomic E-state index is 12.1. The maximum Gasteiger partial charge on any atom is 0.325 e. The fourth-order valence-electron chi connectivity index (χ4n) is 1.94. The summed E-state index contributed by atoms with van der Waals surface area (Å²) in [5.74, 6) is 0.691. The van der Waals surface area contributed by atoms with E-state index in [1.165, 1.54) is 6.33 Å². The monoisotopic (exact) mass is 248 g/mol. The van der Waals surface area contributed by atoms with E-state index in [9.17, 15) is 4.79 Å². The summed E-state index contributed by atoms with van der Waals surface area (Å²) < 4.78 is 0. The van der Waals surface area contributed by atoms with Crippen molar-refractivity contribution in [1.29, 1.82) is 0 Å². The molecule has 18 heavy (non-hydrogen) atoms. The van der Waals surface area contributed by atoms with Crippen LogP contribution in [0.4, 0.5) is 10.6 Å². The van der Waals surface area contributed by atoms with Gasteiger partial charge in [-0.05, 0) is 6.92 Å². The first kappa shape index (κ1) is 12.8. The number of anilines is 1. The van der Waals surface area contributed by atoms with Gasteiger partial charge in [-0.25, -0.2) is 14.8 Å². The zero-order chi connectivity index (χ0) is 13.5. The van der Waals surface area contributed by atoms with Gasteiger partial charge in [-0.15, -0.1) is 0 Å². The van der Waals surface area contributed by atoms with Crippen molar-refractivity contribution in [1.82, 2.24) is 14.9 Å². The van der Waals surface area contributed by atoms with Crippen LogP contribution >= 0.6 is 0 Å². The van der Waals surface area contributed by atoms with Crippen LogP contribution in [0, 0.1) is 0 Å². The number of hydrogen-bond acceptors (Lipinski definition) is 3. The minimum absolute atomic E-state index is 0.000981. The van der Waals surface area contributed by atoms with Gasteiger partial charge in [0.15, 0.2) is 0 Å². The van der Waals surface area contributed by atoms with Crippen LogP contribution < -0.4 is 4.90 Å². The highest BCUT2D eigenvalue weighted by atomic mass is 16.2. The minimum Gasteiger partial charge on any atom is -0.323 e. The Bertz CT molecular complexity index is 466. The molecule has 0 radical (unpaired) electrons. The second-order valence-corrected chi connectivity index (χ2v) is 5.86. The number of likely N-dealkylation sites (N-methyl/N-ethyl adjacent to an activating group) is 1. The maximum atomic E-state index is 12.1. The van der Waals surface area contributed by atoms with E-state index in [4.69, 9.17) is 0 Å². The third-order valence-corrected chi connectivity index (χ3v) is 3.34. The van der Waals surface area contributed by atoms with Gasteiger partial charge in [0.05, 0.1) is 5.69 Å². The SMILES string of the molecule is C[C@H]1CN(c2cc(C(C)(C)C)ncn2)C(=O)N1C. The number of carbonyl (C=O) groups excluding carboxylic acids is 1. The van der Waals surface area contributed by atoms with Gasteiger partial charge in [0, 0.05) is 31.1 Å². The van der Waals surface area contributed by atoms with Gasteiger partial charge in [-0.1, -0.05) is 20.8 Å². The number of carbonyl (C=O) groups is 1. The molecule has 5 heteroatoms. The van der Waals surface area contributed by atoms with E-state index >= 15 is 0 Å². The van der Waals surface area contributed by atoms with Crippen LogP contribution in [-0.4, -0.2) is 40.5 Å². The van der Waals surface area contributed by atoms with Crippen LogP contribution in [0.15, 0.2) is 12.4 Å². The smallest absolute Gasteiger partial charge is 0.323 e. The lowest BCUT2D eigenvalue weighted by atomic mass is 9.92.